The van der Waals surface area contributed by atoms with Crippen molar-refractivity contribution in [3.05, 3.63) is 12.7 Å². The van der Waals surface area contributed by atoms with Crippen LogP contribution in [0.15, 0.2) is 12.7 Å². The lowest BCUT2D eigenvalue weighted by Crippen LogP contribution is -2.56. The Kier molecular flexibility index (Phi) is 4.08. The normalized spacial score (nSPS) is 22.5. The molecule has 0 aromatic rings. The Hall–Kier alpha value is -0.760. The van der Waals surface area contributed by atoms with Crippen molar-refractivity contribution in [3.8, 4) is 0 Å². The van der Waals surface area contributed by atoms with Crippen LogP contribution in [0.25, 0.3) is 0 Å². The second-order valence-electron chi connectivity index (χ2n) is 3.71. The predicted octanol–water partition coefficient (Wildman–Crippen LogP) is 2.24. The van der Waals surface area contributed by atoms with Crippen molar-refractivity contribution in [2.45, 2.75) is 18.5 Å². The molecule has 0 amide bonds. The van der Waals surface area contributed by atoms with E-state index in [4.69, 9.17) is 0 Å². The van der Waals surface area contributed by atoms with E-state index in [9.17, 15) is 26.3 Å². The molecule has 0 saturated carbocycles. The molecule has 2 nitrogen and oxygen atoms in total. The highest BCUT2D eigenvalue weighted by atomic mass is 19.4. The van der Waals surface area contributed by atoms with Gasteiger partial charge in [-0.15, -0.1) is 0 Å². The molecular weight excluding hydrogens is 250 g/mol. The van der Waals surface area contributed by atoms with Gasteiger partial charge in [0.25, 0.3) is 0 Å². The van der Waals surface area contributed by atoms with Gasteiger partial charge in [0, 0.05) is 26.2 Å². The zero-order valence-electron chi connectivity index (χ0n) is 8.85. The third kappa shape index (κ3) is 3.35. The maximum atomic E-state index is 13.3. The third-order valence-corrected chi connectivity index (χ3v) is 2.58. The largest absolute Gasteiger partial charge is 0.460 e. The summed E-state index contributed by atoms with van der Waals surface area (Å²) >= 11 is 0. The standard InChI is InChI=1S/C9H12F6N2/c1-2-8(11,12)7(10)16-3-5-17(6-4-16)9(13,14)15/h2,7H,1,3-6H2. The highest BCUT2D eigenvalue weighted by Crippen LogP contribution is 2.28. The Morgan fingerprint density at radius 1 is 1.00 bits per heavy atom. The Labute approximate surface area is 94.5 Å². The number of hydrogen-bond donors (Lipinski definition) is 0. The Bertz CT molecular complexity index is 269. The van der Waals surface area contributed by atoms with Crippen LogP contribution in [0.2, 0.25) is 0 Å². The van der Waals surface area contributed by atoms with Gasteiger partial charge in [-0.25, -0.2) is 9.29 Å². The number of piperazine rings is 1. The van der Waals surface area contributed by atoms with Crippen LogP contribution in [0, 0.1) is 0 Å². The topological polar surface area (TPSA) is 6.48 Å². The molecule has 0 spiro atoms. The molecule has 0 N–H and O–H groups in total. The zero-order chi connectivity index (χ0) is 13.3. The third-order valence-electron chi connectivity index (χ3n) is 2.58. The summed E-state index contributed by atoms with van der Waals surface area (Å²) < 4.78 is 75.7. The molecule has 0 aromatic carbocycles. The monoisotopic (exact) mass is 262 g/mol. The van der Waals surface area contributed by atoms with E-state index < -0.39 is 44.7 Å². The van der Waals surface area contributed by atoms with Crippen molar-refractivity contribution in [1.29, 1.82) is 0 Å². The van der Waals surface area contributed by atoms with E-state index in [2.05, 4.69) is 6.58 Å². The van der Waals surface area contributed by atoms with E-state index in [0.717, 1.165) is 0 Å². The van der Waals surface area contributed by atoms with Crippen LogP contribution in [0.1, 0.15) is 0 Å². The Morgan fingerprint density at radius 3 is 1.82 bits per heavy atom. The SMILES string of the molecule is C=CC(F)(F)C(F)N1CCN(C(F)(F)F)CC1. The minimum atomic E-state index is -4.50. The lowest BCUT2D eigenvalue weighted by atomic mass is 10.2. The number of rotatable bonds is 3. The number of halogens is 6. The highest BCUT2D eigenvalue weighted by Gasteiger charge is 2.45. The summed E-state index contributed by atoms with van der Waals surface area (Å²) in [6, 6.07) is 0. The van der Waals surface area contributed by atoms with E-state index >= 15 is 0 Å². The van der Waals surface area contributed by atoms with Crippen molar-refractivity contribution in [2.24, 2.45) is 0 Å². The van der Waals surface area contributed by atoms with Gasteiger partial charge in [0.15, 0.2) is 0 Å². The lowest BCUT2D eigenvalue weighted by Gasteiger charge is -2.38. The van der Waals surface area contributed by atoms with Crippen LogP contribution < -0.4 is 0 Å². The molecule has 1 aliphatic rings. The Morgan fingerprint density at radius 2 is 1.47 bits per heavy atom. The maximum absolute atomic E-state index is 13.3. The lowest BCUT2D eigenvalue weighted by molar-refractivity contribution is -0.257. The van der Waals surface area contributed by atoms with Crippen LogP contribution in [0.3, 0.4) is 0 Å². The van der Waals surface area contributed by atoms with E-state index in [-0.39, 0.29) is 11.0 Å². The second kappa shape index (κ2) is 4.85. The van der Waals surface area contributed by atoms with Gasteiger partial charge in [-0.2, -0.15) is 22.0 Å². The van der Waals surface area contributed by atoms with Gasteiger partial charge in [-0.1, -0.05) is 6.58 Å². The molecule has 1 fully saturated rings. The fraction of sp³-hybridized carbons (Fsp3) is 0.778. The molecule has 1 aliphatic heterocycles. The summed E-state index contributed by atoms with van der Waals surface area (Å²) in [6.45, 7) is 0.965. The summed E-state index contributed by atoms with van der Waals surface area (Å²) in [6.07, 6.45) is -6.97. The number of alkyl halides is 6. The molecule has 1 saturated heterocycles. The fourth-order valence-corrected chi connectivity index (χ4v) is 1.54. The first-order chi connectivity index (χ1) is 7.68. The van der Waals surface area contributed by atoms with Crippen LogP contribution >= 0.6 is 0 Å². The minimum Gasteiger partial charge on any atom is -0.266 e. The molecule has 8 heteroatoms. The van der Waals surface area contributed by atoms with Crippen LogP contribution in [-0.2, 0) is 0 Å². The van der Waals surface area contributed by atoms with E-state index in [1.807, 2.05) is 0 Å². The van der Waals surface area contributed by atoms with Crippen molar-refractivity contribution in [3.63, 3.8) is 0 Å². The van der Waals surface area contributed by atoms with Gasteiger partial charge < -0.3 is 0 Å². The molecule has 1 unspecified atom stereocenters. The number of nitrogens with zero attached hydrogens (tertiary/aromatic N) is 2. The summed E-state index contributed by atoms with van der Waals surface area (Å²) in [5, 5.41) is 0. The molecule has 1 rings (SSSR count). The fourth-order valence-electron chi connectivity index (χ4n) is 1.54. The molecule has 1 heterocycles. The summed E-state index contributed by atoms with van der Waals surface area (Å²) in [5.74, 6) is -3.75. The molecule has 0 radical (unpaired) electrons. The van der Waals surface area contributed by atoms with Crippen molar-refractivity contribution < 1.29 is 26.3 Å². The smallest absolute Gasteiger partial charge is 0.266 e. The van der Waals surface area contributed by atoms with E-state index in [1.54, 1.807) is 0 Å². The maximum Gasteiger partial charge on any atom is 0.460 e. The summed E-state index contributed by atoms with van der Waals surface area (Å²) in [4.78, 5) is 0.853. The van der Waals surface area contributed by atoms with Crippen molar-refractivity contribution >= 4 is 0 Å². The van der Waals surface area contributed by atoms with Crippen LogP contribution in [-0.4, -0.2) is 54.5 Å². The molecular formula is C9H12F6N2. The van der Waals surface area contributed by atoms with Crippen molar-refractivity contribution in [1.82, 2.24) is 9.80 Å². The molecule has 1 atom stereocenters. The first-order valence-corrected chi connectivity index (χ1v) is 4.90. The van der Waals surface area contributed by atoms with Crippen molar-refractivity contribution in [2.75, 3.05) is 26.2 Å². The zero-order valence-corrected chi connectivity index (χ0v) is 8.85. The molecule has 100 valence electrons. The van der Waals surface area contributed by atoms with Crippen LogP contribution in [0.4, 0.5) is 26.3 Å². The Balaban J connectivity index is 2.55. The summed E-state index contributed by atoms with van der Waals surface area (Å²) in [5.41, 5.74) is 0. The summed E-state index contributed by atoms with van der Waals surface area (Å²) in [7, 11) is 0. The molecule has 17 heavy (non-hydrogen) atoms. The van der Waals surface area contributed by atoms with Gasteiger partial charge in [-0.05, 0) is 6.08 Å². The van der Waals surface area contributed by atoms with Gasteiger partial charge in [0.2, 0.25) is 6.30 Å². The van der Waals surface area contributed by atoms with E-state index in [1.165, 1.54) is 0 Å². The molecule has 0 aliphatic carbocycles. The average molecular weight is 262 g/mol. The molecule has 0 bridgehead atoms. The molecule has 0 aromatic heterocycles. The predicted molar refractivity (Wildman–Crippen MR) is 49.2 cm³/mol. The quantitative estimate of drug-likeness (QED) is 0.437. The average Bonchev–Trinajstić information content (AvgIpc) is 2.27. The highest BCUT2D eigenvalue weighted by molar-refractivity contribution is 4.94. The van der Waals surface area contributed by atoms with Gasteiger partial charge in [0.1, 0.15) is 0 Å². The minimum absolute atomic E-state index is 0.161. The first-order valence-electron chi connectivity index (χ1n) is 4.90. The van der Waals surface area contributed by atoms with Crippen LogP contribution in [0.5, 0.6) is 0 Å². The van der Waals surface area contributed by atoms with Gasteiger partial charge in [0.05, 0.1) is 0 Å². The van der Waals surface area contributed by atoms with E-state index in [0.29, 0.717) is 4.90 Å². The first kappa shape index (κ1) is 14.3. The van der Waals surface area contributed by atoms with Gasteiger partial charge in [-0.3, -0.25) is 4.90 Å². The van der Waals surface area contributed by atoms with Gasteiger partial charge >= 0.3 is 12.2 Å². The second-order valence-corrected chi connectivity index (χ2v) is 3.71. The number of hydrogen-bond acceptors (Lipinski definition) is 2.